The van der Waals surface area contributed by atoms with Gasteiger partial charge in [0.15, 0.2) is 0 Å². The van der Waals surface area contributed by atoms with E-state index in [1.54, 1.807) is 5.57 Å². The fourth-order valence-corrected chi connectivity index (χ4v) is 1.15. The average molecular weight is 134 g/mol. The van der Waals surface area contributed by atoms with Gasteiger partial charge in [0.1, 0.15) is 6.71 Å². The average Bonchev–Trinajstić information content (AvgIpc) is 2.34. The number of allylic oxidation sites excluding steroid dienone is 4. The molecule has 0 bridgehead atoms. The van der Waals surface area contributed by atoms with E-state index < -0.39 is 0 Å². The second-order valence-electron chi connectivity index (χ2n) is 3.39. The van der Waals surface area contributed by atoms with Crippen LogP contribution in [-0.4, -0.2) is 6.71 Å². The molecule has 0 aromatic heterocycles. The predicted octanol–water partition coefficient (Wildman–Crippen LogP) is 3.02. The molecule has 0 amide bonds. The van der Waals surface area contributed by atoms with Gasteiger partial charge >= 0.3 is 0 Å². The van der Waals surface area contributed by atoms with E-state index in [0.29, 0.717) is 0 Å². The summed E-state index contributed by atoms with van der Waals surface area (Å²) >= 11 is 0. The highest BCUT2D eigenvalue weighted by molar-refractivity contribution is 6.55. The summed E-state index contributed by atoms with van der Waals surface area (Å²) in [7, 11) is 0. The smallest absolute Gasteiger partial charge is 0.0863 e. The maximum atomic E-state index is 2.28. The molecule has 0 saturated heterocycles. The van der Waals surface area contributed by atoms with Gasteiger partial charge in [0.05, 0.1) is 0 Å². The lowest BCUT2D eigenvalue weighted by molar-refractivity contribution is 1.03. The van der Waals surface area contributed by atoms with Gasteiger partial charge in [-0.1, -0.05) is 43.8 Å². The van der Waals surface area contributed by atoms with Crippen LogP contribution in [0.15, 0.2) is 23.8 Å². The summed E-state index contributed by atoms with van der Waals surface area (Å²) in [6, 6.07) is 0. The Balaban J connectivity index is 2.15. The third kappa shape index (κ3) is 2.42. The lowest BCUT2D eigenvalue weighted by Crippen LogP contribution is -1.98. The summed E-state index contributed by atoms with van der Waals surface area (Å²) in [6.07, 6.45) is 10.5. The predicted molar refractivity (Wildman–Crippen MR) is 48.7 cm³/mol. The van der Waals surface area contributed by atoms with Gasteiger partial charge < -0.3 is 0 Å². The van der Waals surface area contributed by atoms with Gasteiger partial charge in [0, 0.05) is 0 Å². The first-order valence-electron chi connectivity index (χ1n) is 4.13. The fourth-order valence-electron chi connectivity index (χ4n) is 1.15. The molecular weight excluding hydrogens is 119 g/mol. The zero-order chi connectivity index (χ0) is 7.40. The van der Waals surface area contributed by atoms with Gasteiger partial charge in [-0.15, -0.1) is 0 Å². The molecule has 0 nitrogen and oxygen atoms in total. The molecule has 0 heterocycles. The number of hydrogen-bond donors (Lipinski definition) is 0. The summed E-state index contributed by atoms with van der Waals surface area (Å²) in [5.74, 6) is 0. The molecule has 0 aromatic rings. The molecule has 0 N–H and O–H groups in total. The minimum Gasteiger partial charge on any atom is -0.0863 e. The topological polar surface area (TPSA) is 0 Å². The Labute approximate surface area is 64.1 Å². The number of hydrogen-bond acceptors (Lipinski definition) is 0. The summed E-state index contributed by atoms with van der Waals surface area (Å²) in [5, 5.41) is 0. The monoisotopic (exact) mass is 134 g/mol. The van der Waals surface area contributed by atoms with Gasteiger partial charge in [0.2, 0.25) is 0 Å². The molecule has 1 aliphatic rings. The molecule has 54 valence electrons. The van der Waals surface area contributed by atoms with Crippen molar-refractivity contribution in [2.75, 3.05) is 0 Å². The molecule has 0 radical (unpaired) electrons. The molecular formula is C9H15B. The summed E-state index contributed by atoms with van der Waals surface area (Å²) in [6.45, 7) is 5.41. The molecule has 0 aliphatic heterocycles. The zero-order valence-corrected chi connectivity index (χ0v) is 6.93. The Morgan fingerprint density at radius 2 is 2.30 bits per heavy atom. The fraction of sp³-hybridized carbons (Fsp3) is 0.556. The normalized spacial score (nSPS) is 15.6. The Kier molecular flexibility index (Phi) is 2.79. The Hall–Kier alpha value is -0.455. The van der Waals surface area contributed by atoms with Gasteiger partial charge in [-0.25, -0.2) is 0 Å². The molecule has 10 heavy (non-hydrogen) atoms. The third-order valence-corrected chi connectivity index (χ3v) is 1.89. The second-order valence-corrected chi connectivity index (χ2v) is 3.39. The van der Waals surface area contributed by atoms with Crippen LogP contribution in [-0.2, 0) is 0 Å². The van der Waals surface area contributed by atoms with Gasteiger partial charge in [-0.2, -0.15) is 0 Å². The van der Waals surface area contributed by atoms with Crippen molar-refractivity contribution in [2.24, 2.45) is 0 Å². The first-order valence-corrected chi connectivity index (χ1v) is 4.13. The van der Waals surface area contributed by atoms with Crippen LogP contribution >= 0.6 is 0 Å². The lowest BCUT2D eigenvalue weighted by Gasteiger charge is -2.01. The molecule has 1 aliphatic carbocycles. The Morgan fingerprint density at radius 1 is 1.50 bits per heavy atom. The van der Waals surface area contributed by atoms with Crippen molar-refractivity contribution in [2.45, 2.75) is 32.8 Å². The molecule has 1 heteroatoms. The van der Waals surface area contributed by atoms with E-state index in [2.05, 4.69) is 31.9 Å². The van der Waals surface area contributed by atoms with Crippen molar-refractivity contribution in [1.82, 2.24) is 0 Å². The van der Waals surface area contributed by atoms with E-state index >= 15 is 0 Å². The van der Waals surface area contributed by atoms with Gasteiger partial charge in [-0.05, 0) is 12.8 Å². The van der Waals surface area contributed by atoms with Gasteiger partial charge in [0.25, 0.3) is 0 Å². The molecule has 0 aromatic carbocycles. The molecule has 0 atom stereocenters. The summed E-state index contributed by atoms with van der Waals surface area (Å²) in [5.41, 5.74) is 1.61. The molecule has 0 fully saturated rings. The third-order valence-electron chi connectivity index (χ3n) is 1.89. The highest BCUT2D eigenvalue weighted by atomic mass is 14.0. The minimum atomic E-state index is 0.849. The van der Waals surface area contributed by atoms with E-state index in [9.17, 15) is 0 Å². The highest BCUT2D eigenvalue weighted by Crippen LogP contribution is 2.17. The molecule has 0 saturated carbocycles. The zero-order valence-electron chi connectivity index (χ0n) is 6.93. The van der Waals surface area contributed by atoms with E-state index in [0.717, 1.165) is 6.71 Å². The summed E-state index contributed by atoms with van der Waals surface area (Å²) in [4.78, 5) is 0. The van der Waals surface area contributed by atoms with Gasteiger partial charge in [-0.3, -0.25) is 0 Å². The van der Waals surface area contributed by atoms with Crippen LogP contribution in [0.25, 0.3) is 0 Å². The minimum absolute atomic E-state index is 0.849. The maximum absolute atomic E-state index is 2.28. The standard InChI is InChI=1S/C9H15B/c1-10(2)8-7-9-5-3-4-6-9/h3-5H,6-8H2,1-2H3. The lowest BCUT2D eigenvalue weighted by atomic mass is 9.51. The second kappa shape index (κ2) is 3.65. The largest absolute Gasteiger partial charge is 0.133 e. The molecule has 0 unspecified atom stereocenters. The SMILES string of the molecule is CB(C)CCC1=CC=CC1. The maximum Gasteiger partial charge on any atom is 0.133 e. The van der Waals surface area contributed by atoms with E-state index in [1.807, 2.05) is 0 Å². The van der Waals surface area contributed by atoms with Crippen LogP contribution in [0.4, 0.5) is 0 Å². The van der Waals surface area contributed by atoms with Crippen LogP contribution in [0.3, 0.4) is 0 Å². The number of rotatable bonds is 3. The molecule has 0 spiro atoms. The van der Waals surface area contributed by atoms with E-state index in [1.165, 1.54) is 19.2 Å². The van der Waals surface area contributed by atoms with Crippen molar-refractivity contribution < 1.29 is 0 Å². The van der Waals surface area contributed by atoms with Crippen LogP contribution < -0.4 is 0 Å². The summed E-state index contributed by atoms with van der Waals surface area (Å²) < 4.78 is 0. The van der Waals surface area contributed by atoms with Crippen molar-refractivity contribution in [3.63, 3.8) is 0 Å². The van der Waals surface area contributed by atoms with Crippen LogP contribution in [0.1, 0.15) is 12.8 Å². The first kappa shape index (κ1) is 7.65. The van der Waals surface area contributed by atoms with E-state index in [-0.39, 0.29) is 0 Å². The quantitative estimate of drug-likeness (QED) is 0.520. The van der Waals surface area contributed by atoms with Crippen molar-refractivity contribution in [1.29, 1.82) is 0 Å². The molecule has 1 rings (SSSR count). The van der Waals surface area contributed by atoms with E-state index in [4.69, 9.17) is 0 Å². The van der Waals surface area contributed by atoms with Crippen molar-refractivity contribution in [3.8, 4) is 0 Å². The van der Waals surface area contributed by atoms with Crippen LogP contribution in [0.2, 0.25) is 20.0 Å². The van der Waals surface area contributed by atoms with Crippen LogP contribution in [0.5, 0.6) is 0 Å². The first-order chi connectivity index (χ1) is 4.79. The van der Waals surface area contributed by atoms with Crippen molar-refractivity contribution >= 4 is 6.71 Å². The highest BCUT2D eigenvalue weighted by Gasteiger charge is 2.02. The van der Waals surface area contributed by atoms with Crippen molar-refractivity contribution in [3.05, 3.63) is 23.8 Å². The Bertz CT molecular complexity index is 154. The Morgan fingerprint density at radius 3 is 2.80 bits per heavy atom. The van der Waals surface area contributed by atoms with Crippen LogP contribution in [0, 0.1) is 0 Å².